The Morgan fingerprint density at radius 2 is 1.54 bits per heavy atom. The van der Waals surface area contributed by atoms with Crippen molar-refractivity contribution in [1.29, 1.82) is 0 Å². The predicted molar refractivity (Wildman–Crippen MR) is 133 cm³/mol. The number of hydrogen-bond acceptors (Lipinski definition) is 9. The third kappa shape index (κ3) is 4.87. The van der Waals surface area contributed by atoms with Crippen LogP contribution in [0.4, 0.5) is 20.7 Å². The molecule has 1 amide bonds. The number of halogens is 2. The molecule has 5 rings (SSSR count). The first-order chi connectivity index (χ1) is 17.9. The molecule has 0 saturated carbocycles. The van der Waals surface area contributed by atoms with E-state index in [1.54, 1.807) is 18.2 Å². The van der Waals surface area contributed by atoms with E-state index in [1.165, 1.54) is 11.7 Å². The number of carbonyl (C=O) groups excluding carboxylic acids is 1. The smallest absolute Gasteiger partial charge is 0.296 e. The van der Waals surface area contributed by atoms with Crippen molar-refractivity contribution >= 4 is 28.8 Å². The van der Waals surface area contributed by atoms with E-state index in [1.807, 2.05) is 28.5 Å². The fourth-order valence-corrected chi connectivity index (χ4v) is 4.59. The van der Waals surface area contributed by atoms with Crippen molar-refractivity contribution in [3.63, 3.8) is 0 Å². The highest BCUT2D eigenvalue weighted by atomic mass is 19.3. The summed E-state index contributed by atoms with van der Waals surface area (Å²) in [6, 6.07) is 5.07. The van der Waals surface area contributed by atoms with Crippen LogP contribution in [0.5, 0.6) is 5.75 Å². The van der Waals surface area contributed by atoms with Crippen LogP contribution in [0, 0.1) is 5.92 Å². The first-order valence-electron chi connectivity index (χ1n) is 12.3. The van der Waals surface area contributed by atoms with Gasteiger partial charge >= 0.3 is 0 Å². The molecule has 0 atom stereocenters. The number of piperazine rings is 1. The number of alkyl halides is 2. The van der Waals surface area contributed by atoms with E-state index in [0.717, 1.165) is 0 Å². The second-order valence-electron chi connectivity index (χ2n) is 9.24. The van der Waals surface area contributed by atoms with Crippen molar-refractivity contribution in [1.82, 2.24) is 29.4 Å². The van der Waals surface area contributed by atoms with Gasteiger partial charge < -0.3 is 24.2 Å². The molecule has 2 aliphatic heterocycles. The highest BCUT2D eigenvalue weighted by Crippen LogP contribution is 2.32. The number of hydrogen-bond donors (Lipinski definition) is 0. The Morgan fingerprint density at radius 1 is 0.919 bits per heavy atom. The van der Waals surface area contributed by atoms with Crippen LogP contribution in [0.3, 0.4) is 0 Å². The SMILES string of the molecule is COc1cccc2c1nc(C(F)F)n2-c1nc(N2CCOCC2)nc(N2CCN(C(=O)C(C)C)CC2)n1. The molecule has 0 bridgehead atoms. The van der Waals surface area contributed by atoms with Crippen molar-refractivity contribution in [2.75, 3.05) is 69.4 Å². The third-order valence-corrected chi connectivity index (χ3v) is 6.55. The molecule has 0 radical (unpaired) electrons. The molecule has 3 aromatic rings. The summed E-state index contributed by atoms with van der Waals surface area (Å²) in [5, 5.41) is 0. The maximum Gasteiger partial charge on any atom is 0.296 e. The molecular formula is C24H30F2N8O3. The average Bonchev–Trinajstić information content (AvgIpc) is 3.33. The number of anilines is 2. The van der Waals surface area contributed by atoms with E-state index in [-0.39, 0.29) is 17.8 Å². The number of benzene rings is 1. The number of para-hydroxylation sites is 1. The van der Waals surface area contributed by atoms with E-state index in [9.17, 15) is 13.6 Å². The van der Waals surface area contributed by atoms with E-state index in [4.69, 9.17) is 14.5 Å². The monoisotopic (exact) mass is 516 g/mol. The molecule has 2 fully saturated rings. The van der Waals surface area contributed by atoms with Gasteiger partial charge in [-0.25, -0.2) is 13.8 Å². The summed E-state index contributed by atoms with van der Waals surface area (Å²) in [7, 11) is 1.47. The van der Waals surface area contributed by atoms with Gasteiger partial charge in [-0.05, 0) is 12.1 Å². The zero-order chi connectivity index (χ0) is 26.1. The molecule has 13 heteroatoms. The number of ether oxygens (including phenoxy) is 2. The van der Waals surface area contributed by atoms with Crippen LogP contribution in [0.1, 0.15) is 26.1 Å². The minimum Gasteiger partial charge on any atom is -0.494 e. The van der Waals surface area contributed by atoms with Gasteiger partial charge in [0.25, 0.3) is 6.43 Å². The number of rotatable bonds is 6. The summed E-state index contributed by atoms with van der Waals surface area (Å²) >= 11 is 0. The Hall–Kier alpha value is -3.61. The number of amides is 1. The van der Waals surface area contributed by atoms with Crippen molar-refractivity contribution in [3.05, 3.63) is 24.0 Å². The van der Waals surface area contributed by atoms with Crippen LogP contribution < -0.4 is 14.5 Å². The van der Waals surface area contributed by atoms with E-state index >= 15 is 0 Å². The normalized spacial score (nSPS) is 16.8. The second kappa shape index (κ2) is 10.4. The molecule has 4 heterocycles. The molecule has 2 aliphatic rings. The minimum atomic E-state index is -2.87. The molecule has 0 N–H and O–H groups in total. The number of fused-ring (bicyclic) bond motifs is 1. The molecule has 11 nitrogen and oxygen atoms in total. The number of methoxy groups -OCH3 is 1. The van der Waals surface area contributed by atoms with Gasteiger partial charge in [0.1, 0.15) is 11.3 Å². The standard InChI is InChI=1S/C24H30F2N8O3/c1-15(2)21(35)31-7-9-32(10-8-31)22-28-23(33-11-13-37-14-12-33)30-24(29-22)34-16-5-4-6-17(36-3)18(16)27-20(34)19(25)26/h4-6,15,19H,7-14H2,1-3H3. The lowest BCUT2D eigenvalue weighted by atomic mass is 10.1. The van der Waals surface area contributed by atoms with Gasteiger partial charge in [-0.2, -0.15) is 15.0 Å². The Balaban J connectivity index is 1.59. The van der Waals surface area contributed by atoms with Gasteiger partial charge in [0.05, 0.1) is 25.8 Å². The molecule has 0 unspecified atom stereocenters. The quantitative estimate of drug-likeness (QED) is 0.488. The lowest BCUT2D eigenvalue weighted by Gasteiger charge is -2.36. The molecule has 1 aromatic carbocycles. The van der Waals surface area contributed by atoms with Crippen LogP contribution in [0.15, 0.2) is 18.2 Å². The summed E-state index contributed by atoms with van der Waals surface area (Å²) in [6.45, 7) is 8.02. The Kier molecular flexibility index (Phi) is 7.04. The van der Waals surface area contributed by atoms with Gasteiger partial charge in [0, 0.05) is 45.2 Å². The van der Waals surface area contributed by atoms with Gasteiger partial charge in [-0.1, -0.05) is 19.9 Å². The fourth-order valence-electron chi connectivity index (χ4n) is 4.59. The predicted octanol–water partition coefficient (Wildman–Crippen LogP) is 2.30. The van der Waals surface area contributed by atoms with Crippen molar-refractivity contribution < 1.29 is 23.0 Å². The molecule has 37 heavy (non-hydrogen) atoms. The van der Waals surface area contributed by atoms with Crippen LogP contribution in [0.2, 0.25) is 0 Å². The summed E-state index contributed by atoms with van der Waals surface area (Å²) in [5.41, 5.74) is 0.711. The van der Waals surface area contributed by atoms with Gasteiger partial charge in [0.15, 0.2) is 5.82 Å². The van der Waals surface area contributed by atoms with Gasteiger partial charge in [-0.15, -0.1) is 0 Å². The van der Waals surface area contributed by atoms with Gasteiger partial charge in [0.2, 0.25) is 23.8 Å². The fraction of sp³-hybridized carbons (Fsp3) is 0.542. The summed E-state index contributed by atoms with van der Waals surface area (Å²) in [4.78, 5) is 36.3. The van der Waals surface area contributed by atoms with Gasteiger partial charge in [-0.3, -0.25) is 9.36 Å². The third-order valence-electron chi connectivity index (χ3n) is 6.55. The topological polar surface area (TPSA) is 102 Å². The van der Waals surface area contributed by atoms with Crippen LogP contribution in [0.25, 0.3) is 17.0 Å². The lowest BCUT2D eigenvalue weighted by Crippen LogP contribution is -2.50. The Bertz CT molecular complexity index is 1270. The molecular weight excluding hydrogens is 486 g/mol. The summed E-state index contributed by atoms with van der Waals surface area (Å²) in [5.74, 6) is 0.733. The maximum atomic E-state index is 14.2. The van der Waals surface area contributed by atoms with Crippen LogP contribution in [-0.2, 0) is 9.53 Å². The van der Waals surface area contributed by atoms with E-state index < -0.39 is 12.2 Å². The van der Waals surface area contributed by atoms with Crippen molar-refractivity contribution in [3.8, 4) is 11.7 Å². The second-order valence-corrected chi connectivity index (χ2v) is 9.24. The zero-order valence-corrected chi connectivity index (χ0v) is 21.1. The van der Waals surface area contributed by atoms with E-state index in [0.29, 0.717) is 81.2 Å². The number of carbonyl (C=O) groups is 1. The number of nitrogens with zero attached hydrogens (tertiary/aromatic N) is 8. The number of aromatic nitrogens is 5. The van der Waals surface area contributed by atoms with Crippen LogP contribution in [-0.4, -0.2) is 94.9 Å². The maximum absolute atomic E-state index is 14.2. The number of morpholine rings is 1. The Labute approximate surface area is 213 Å². The first kappa shape index (κ1) is 25.1. The molecule has 0 aliphatic carbocycles. The first-order valence-corrected chi connectivity index (χ1v) is 12.3. The molecule has 2 saturated heterocycles. The highest BCUT2D eigenvalue weighted by molar-refractivity contribution is 5.84. The average molecular weight is 517 g/mol. The highest BCUT2D eigenvalue weighted by Gasteiger charge is 2.29. The van der Waals surface area contributed by atoms with Crippen LogP contribution >= 0.6 is 0 Å². The van der Waals surface area contributed by atoms with Crippen molar-refractivity contribution in [2.24, 2.45) is 5.92 Å². The summed E-state index contributed by atoms with van der Waals surface area (Å²) < 4.78 is 40.5. The Morgan fingerprint density at radius 3 is 2.14 bits per heavy atom. The minimum absolute atomic E-state index is 0.0539. The largest absolute Gasteiger partial charge is 0.494 e. The van der Waals surface area contributed by atoms with E-state index in [2.05, 4.69) is 15.0 Å². The number of imidazole rings is 1. The molecule has 2 aromatic heterocycles. The zero-order valence-electron chi connectivity index (χ0n) is 21.1. The molecule has 198 valence electrons. The lowest BCUT2D eigenvalue weighted by molar-refractivity contribution is -0.134. The van der Waals surface area contributed by atoms with Crippen molar-refractivity contribution in [2.45, 2.75) is 20.3 Å². The summed E-state index contributed by atoms with van der Waals surface area (Å²) in [6.07, 6.45) is -2.87. The molecule has 0 spiro atoms.